The van der Waals surface area contributed by atoms with Gasteiger partial charge in [-0.2, -0.15) is 11.8 Å². The maximum atomic E-state index is 13.1. The molecular weight excluding hydrogens is 171 g/mol. The molecule has 0 N–H and O–H groups in total. The molecule has 0 aromatic rings. The molecule has 0 fully saturated rings. The molecule has 2 unspecified atom stereocenters. The van der Waals surface area contributed by atoms with E-state index in [1.165, 1.54) is 5.92 Å². The molecule has 0 saturated carbocycles. The van der Waals surface area contributed by atoms with Crippen molar-refractivity contribution in [2.45, 2.75) is 25.3 Å². The van der Waals surface area contributed by atoms with Crippen molar-refractivity contribution in [1.29, 1.82) is 0 Å². The van der Waals surface area contributed by atoms with E-state index >= 15 is 0 Å². The van der Waals surface area contributed by atoms with Crippen molar-refractivity contribution in [1.82, 2.24) is 0 Å². The minimum atomic E-state index is -0.831. The fraction of sp³-hybridized carbons (Fsp3) is 0.500. The van der Waals surface area contributed by atoms with Crippen LogP contribution in [0.3, 0.4) is 0 Å². The molecule has 0 aliphatic heterocycles. The summed E-state index contributed by atoms with van der Waals surface area (Å²) in [5.41, 5.74) is 0.891. The van der Waals surface area contributed by atoms with Crippen LogP contribution in [0.4, 0.5) is 4.39 Å². The first-order chi connectivity index (χ1) is 5.66. The maximum absolute atomic E-state index is 13.1. The first kappa shape index (κ1) is 9.85. The molecule has 1 radical (unpaired) electrons. The van der Waals surface area contributed by atoms with E-state index in [0.717, 1.165) is 5.57 Å². The van der Waals surface area contributed by atoms with Gasteiger partial charge in [-0.3, -0.25) is 0 Å². The third-order valence-electron chi connectivity index (χ3n) is 2.06. The van der Waals surface area contributed by atoms with Gasteiger partial charge < -0.3 is 0 Å². The van der Waals surface area contributed by atoms with Crippen molar-refractivity contribution in [2.24, 2.45) is 0 Å². The first-order valence-electron chi connectivity index (χ1n) is 4.05. The molecule has 0 bridgehead atoms. The van der Waals surface area contributed by atoms with E-state index in [0.29, 0.717) is 0 Å². The van der Waals surface area contributed by atoms with Crippen LogP contribution in [0, 0.1) is 5.92 Å². The van der Waals surface area contributed by atoms with Gasteiger partial charge in [0.05, 0.1) is 0 Å². The Bertz CT molecular complexity index is 206. The SMILES string of the molecule is CSC1[C](C)C=CC=C1C(C)F. The smallest absolute Gasteiger partial charge is 0.120 e. The number of alkyl halides is 1. The molecule has 0 heterocycles. The molecule has 1 aliphatic carbocycles. The van der Waals surface area contributed by atoms with Crippen LogP contribution in [0.2, 0.25) is 0 Å². The normalized spacial score (nSPS) is 27.0. The monoisotopic (exact) mass is 185 g/mol. The molecule has 0 saturated heterocycles. The molecule has 0 nitrogen and oxygen atoms in total. The Morgan fingerprint density at radius 1 is 1.58 bits per heavy atom. The van der Waals surface area contributed by atoms with Crippen LogP contribution in [0.15, 0.2) is 23.8 Å². The average molecular weight is 185 g/mol. The van der Waals surface area contributed by atoms with Crippen LogP contribution in [0.5, 0.6) is 0 Å². The number of allylic oxidation sites excluding steroid dienone is 3. The lowest BCUT2D eigenvalue weighted by Crippen LogP contribution is -2.20. The lowest BCUT2D eigenvalue weighted by atomic mass is 9.93. The molecule has 1 rings (SSSR count). The van der Waals surface area contributed by atoms with Gasteiger partial charge >= 0.3 is 0 Å². The molecule has 0 amide bonds. The summed E-state index contributed by atoms with van der Waals surface area (Å²) in [5, 5.41) is 0.245. The van der Waals surface area contributed by atoms with Gasteiger partial charge in [-0.25, -0.2) is 4.39 Å². The highest BCUT2D eigenvalue weighted by molar-refractivity contribution is 7.99. The summed E-state index contributed by atoms with van der Waals surface area (Å²) >= 11 is 1.69. The van der Waals surface area contributed by atoms with E-state index in [2.05, 4.69) is 0 Å². The van der Waals surface area contributed by atoms with Gasteiger partial charge in [-0.15, -0.1) is 0 Å². The van der Waals surface area contributed by atoms with Crippen molar-refractivity contribution in [3.63, 3.8) is 0 Å². The summed E-state index contributed by atoms with van der Waals surface area (Å²) < 4.78 is 13.1. The Hall–Kier alpha value is -0.240. The number of hydrogen-bond acceptors (Lipinski definition) is 1. The molecule has 67 valence electrons. The number of hydrogen-bond donors (Lipinski definition) is 0. The molecular formula is C10H14FS. The van der Waals surface area contributed by atoms with Crippen LogP contribution in [0.25, 0.3) is 0 Å². The Kier molecular flexibility index (Phi) is 3.39. The van der Waals surface area contributed by atoms with Gasteiger partial charge in [0, 0.05) is 11.2 Å². The van der Waals surface area contributed by atoms with Gasteiger partial charge in [-0.05, 0) is 18.8 Å². The minimum absolute atomic E-state index is 0.245. The molecule has 2 heteroatoms. The maximum Gasteiger partial charge on any atom is 0.120 e. The second-order valence-electron chi connectivity index (χ2n) is 3.00. The molecule has 0 aromatic carbocycles. The summed E-state index contributed by atoms with van der Waals surface area (Å²) in [6, 6.07) is 0. The quantitative estimate of drug-likeness (QED) is 0.636. The summed E-state index contributed by atoms with van der Waals surface area (Å²) in [7, 11) is 0. The van der Waals surface area contributed by atoms with Crippen LogP contribution in [-0.4, -0.2) is 17.7 Å². The van der Waals surface area contributed by atoms with E-state index in [1.807, 2.05) is 31.4 Å². The molecule has 2 atom stereocenters. The number of thioether (sulfide) groups is 1. The third-order valence-corrected chi connectivity index (χ3v) is 3.17. The highest BCUT2D eigenvalue weighted by Gasteiger charge is 2.24. The standard InChI is InChI=1S/C10H14FS/c1-7-5-4-6-9(8(2)11)10(7)12-3/h4-6,8,10H,1-3H3. The highest BCUT2D eigenvalue weighted by Crippen LogP contribution is 2.32. The summed E-state index contributed by atoms with van der Waals surface area (Å²) in [5.74, 6) is 1.24. The van der Waals surface area contributed by atoms with Crippen molar-refractivity contribution in [3.8, 4) is 0 Å². The second kappa shape index (κ2) is 4.13. The predicted octanol–water partition coefficient (Wildman–Crippen LogP) is 3.17. The van der Waals surface area contributed by atoms with Crippen molar-refractivity contribution in [2.75, 3.05) is 6.26 Å². The second-order valence-corrected chi connectivity index (χ2v) is 3.94. The zero-order valence-corrected chi connectivity index (χ0v) is 8.49. The van der Waals surface area contributed by atoms with E-state index in [-0.39, 0.29) is 5.25 Å². The van der Waals surface area contributed by atoms with Gasteiger partial charge in [0.2, 0.25) is 0 Å². The largest absolute Gasteiger partial charge is 0.243 e. The third kappa shape index (κ3) is 1.92. The first-order valence-corrected chi connectivity index (χ1v) is 5.34. The van der Waals surface area contributed by atoms with Crippen LogP contribution in [0.1, 0.15) is 13.8 Å². The van der Waals surface area contributed by atoms with Gasteiger partial charge in [0.1, 0.15) is 6.17 Å². The average Bonchev–Trinajstić information content (AvgIpc) is 2.03. The molecule has 0 spiro atoms. The van der Waals surface area contributed by atoms with Gasteiger partial charge in [0.15, 0.2) is 0 Å². The Labute approximate surface area is 77.9 Å². The summed E-state index contributed by atoms with van der Waals surface area (Å²) in [4.78, 5) is 0. The van der Waals surface area contributed by atoms with Gasteiger partial charge in [0.25, 0.3) is 0 Å². The lowest BCUT2D eigenvalue weighted by molar-refractivity contribution is 0.405. The molecule has 0 aromatic heterocycles. The van der Waals surface area contributed by atoms with Crippen molar-refractivity contribution >= 4 is 11.8 Å². The minimum Gasteiger partial charge on any atom is -0.243 e. The van der Waals surface area contributed by atoms with E-state index in [9.17, 15) is 4.39 Å². The zero-order valence-electron chi connectivity index (χ0n) is 7.67. The molecule has 1 aliphatic rings. The Morgan fingerprint density at radius 3 is 2.67 bits per heavy atom. The van der Waals surface area contributed by atoms with Crippen LogP contribution < -0.4 is 0 Å². The summed E-state index contributed by atoms with van der Waals surface area (Å²) in [6.45, 7) is 3.65. The zero-order chi connectivity index (χ0) is 9.14. The Morgan fingerprint density at radius 2 is 2.25 bits per heavy atom. The summed E-state index contributed by atoms with van der Waals surface area (Å²) in [6.07, 6.45) is 7.05. The van der Waals surface area contributed by atoms with Crippen LogP contribution >= 0.6 is 11.8 Å². The van der Waals surface area contributed by atoms with Crippen molar-refractivity contribution in [3.05, 3.63) is 29.7 Å². The fourth-order valence-electron chi connectivity index (χ4n) is 1.41. The van der Waals surface area contributed by atoms with Crippen LogP contribution in [-0.2, 0) is 0 Å². The fourth-order valence-corrected chi connectivity index (χ4v) is 2.40. The van der Waals surface area contributed by atoms with E-state index < -0.39 is 6.17 Å². The highest BCUT2D eigenvalue weighted by atomic mass is 32.2. The van der Waals surface area contributed by atoms with Crippen molar-refractivity contribution < 1.29 is 4.39 Å². The predicted molar refractivity (Wildman–Crippen MR) is 54.0 cm³/mol. The topological polar surface area (TPSA) is 0 Å². The Balaban J connectivity index is 2.81. The van der Waals surface area contributed by atoms with E-state index in [4.69, 9.17) is 0 Å². The number of halogens is 1. The number of rotatable bonds is 2. The van der Waals surface area contributed by atoms with Gasteiger partial charge in [-0.1, -0.05) is 25.2 Å². The lowest BCUT2D eigenvalue weighted by Gasteiger charge is -2.25. The van der Waals surface area contributed by atoms with E-state index in [1.54, 1.807) is 18.7 Å². The molecule has 12 heavy (non-hydrogen) atoms.